The van der Waals surface area contributed by atoms with Crippen molar-refractivity contribution >= 4 is 16.6 Å². The van der Waals surface area contributed by atoms with Crippen molar-refractivity contribution in [2.45, 2.75) is 26.9 Å². The van der Waals surface area contributed by atoms with Gasteiger partial charge in [0, 0.05) is 23.8 Å². The van der Waals surface area contributed by atoms with Crippen molar-refractivity contribution in [2.24, 2.45) is 5.92 Å². The number of fused-ring (bicyclic) bond motifs is 1. The lowest BCUT2D eigenvalue weighted by Crippen LogP contribution is -2.25. The van der Waals surface area contributed by atoms with E-state index in [0.29, 0.717) is 6.54 Å². The second-order valence-electron chi connectivity index (χ2n) is 5.03. The number of nitrogens with one attached hydrogen (secondary N) is 1. The predicted octanol–water partition coefficient (Wildman–Crippen LogP) is 2.97. The molecular formula is C15H20N2O. The molecule has 1 aromatic heterocycles. The average molecular weight is 244 g/mol. The Kier molecular flexibility index (Phi) is 3.82. The molecular weight excluding hydrogens is 224 g/mol. The van der Waals surface area contributed by atoms with Crippen LogP contribution in [0.4, 0.5) is 5.69 Å². The molecule has 2 aromatic rings. The van der Waals surface area contributed by atoms with Gasteiger partial charge in [-0.15, -0.1) is 0 Å². The van der Waals surface area contributed by atoms with E-state index in [2.05, 4.69) is 16.4 Å². The Morgan fingerprint density at radius 2 is 2.00 bits per heavy atom. The first-order valence-corrected chi connectivity index (χ1v) is 6.36. The zero-order chi connectivity index (χ0) is 13.1. The summed E-state index contributed by atoms with van der Waals surface area (Å²) in [5.41, 5.74) is 3.15. The van der Waals surface area contributed by atoms with Crippen molar-refractivity contribution in [3.8, 4) is 0 Å². The van der Waals surface area contributed by atoms with Gasteiger partial charge in [0.05, 0.1) is 11.6 Å². The van der Waals surface area contributed by atoms with Gasteiger partial charge in [0.1, 0.15) is 0 Å². The van der Waals surface area contributed by atoms with Gasteiger partial charge in [-0.2, -0.15) is 0 Å². The standard InChI is InChI=1S/C15H20N2O/c1-10(2)14(18)9-17-15-11(3)8-16-13-7-5-4-6-12(13)15/h4-8,10,14,18H,9H2,1-3H3,(H,16,17). The Bertz CT molecular complexity index is 537. The molecule has 0 saturated carbocycles. The minimum absolute atomic E-state index is 0.255. The van der Waals surface area contributed by atoms with E-state index in [0.717, 1.165) is 22.2 Å². The van der Waals surface area contributed by atoms with Crippen LogP contribution < -0.4 is 5.32 Å². The number of aromatic nitrogens is 1. The van der Waals surface area contributed by atoms with Gasteiger partial charge in [-0.3, -0.25) is 4.98 Å². The highest BCUT2D eigenvalue weighted by molar-refractivity contribution is 5.92. The maximum absolute atomic E-state index is 9.87. The van der Waals surface area contributed by atoms with E-state index < -0.39 is 0 Å². The Hall–Kier alpha value is -1.61. The Morgan fingerprint density at radius 3 is 2.72 bits per heavy atom. The van der Waals surface area contributed by atoms with Crippen molar-refractivity contribution in [1.29, 1.82) is 0 Å². The lowest BCUT2D eigenvalue weighted by molar-refractivity contribution is 0.138. The number of aryl methyl sites for hydroxylation is 1. The number of rotatable bonds is 4. The van der Waals surface area contributed by atoms with E-state index >= 15 is 0 Å². The van der Waals surface area contributed by atoms with Crippen LogP contribution in [0, 0.1) is 12.8 Å². The maximum Gasteiger partial charge on any atom is 0.0735 e. The minimum Gasteiger partial charge on any atom is -0.391 e. The van der Waals surface area contributed by atoms with E-state index in [1.54, 1.807) is 0 Å². The molecule has 2 rings (SSSR count). The molecule has 2 N–H and O–H groups in total. The van der Waals surface area contributed by atoms with Gasteiger partial charge in [0.25, 0.3) is 0 Å². The van der Waals surface area contributed by atoms with Crippen LogP contribution in [0.2, 0.25) is 0 Å². The highest BCUT2D eigenvalue weighted by Crippen LogP contribution is 2.25. The van der Waals surface area contributed by atoms with E-state index in [4.69, 9.17) is 0 Å². The molecule has 1 unspecified atom stereocenters. The summed E-state index contributed by atoms with van der Waals surface area (Å²) >= 11 is 0. The maximum atomic E-state index is 9.87. The molecule has 3 nitrogen and oxygen atoms in total. The van der Waals surface area contributed by atoms with Gasteiger partial charge in [0.15, 0.2) is 0 Å². The zero-order valence-corrected chi connectivity index (χ0v) is 11.1. The van der Waals surface area contributed by atoms with Gasteiger partial charge in [0.2, 0.25) is 0 Å². The highest BCUT2D eigenvalue weighted by Gasteiger charge is 2.11. The van der Waals surface area contributed by atoms with Crippen molar-refractivity contribution < 1.29 is 5.11 Å². The molecule has 0 spiro atoms. The second kappa shape index (κ2) is 5.36. The van der Waals surface area contributed by atoms with Crippen LogP contribution in [0.5, 0.6) is 0 Å². The third kappa shape index (κ3) is 2.62. The van der Waals surface area contributed by atoms with Gasteiger partial charge in [-0.05, 0) is 24.5 Å². The summed E-state index contributed by atoms with van der Waals surface area (Å²) in [6.07, 6.45) is 1.53. The molecule has 0 saturated heterocycles. The van der Waals surface area contributed by atoms with Gasteiger partial charge >= 0.3 is 0 Å². The van der Waals surface area contributed by atoms with E-state index in [1.165, 1.54) is 0 Å². The first-order valence-electron chi connectivity index (χ1n) is 6.36. The van der Waals surface area contributed by atoms with Crippen LogP contribution in [0.25, 0.3) is 10.9 Å². The number of hydrogen-bond donors (Lipinski definition) is 2. The third-order valence-corrected chi connectivity index (χ3v) is 3.22. The molecule has 18 heavy (non-hydrogen) atoms. The Balaban J connectivity index is 2.29. The van der Waals surface area contributed by atoms with Crippen molar-refractivity contribution in [3.05, 3.63) is 36.0 Å². The number of aliphatic hydroxyl groups excluding tert-OH is 1. The fraction of sp³-hybridized carbons (Fsp3) is 0.400. The van der Waals surface area contributed by atoms with Crippen LogP contribution >= 0.6 is 0 Å². The fourth-order valence-electron chi connectivity index (χ4n) is 1.92. The van der Waals surface area contributed by atoms with E-state index in [9.17, 15) is 5.11 Å². The first-order chi connectivity index (χ1) is 8.59. The highest BCUT2D eigenvalue weighted by atomic mass is 16.3. The SMILES string of the molecule is Cc1cnc2ccccc2c1NCC(O)C(C)C. The average Bonchev–Trinajstić information content (AvgIpc) is 2.37. The monoisotopic (exact) mass is 244 g/mol. The number of anilines is 1. The molecule has 0 radical (unpaired) electrons. The molecule has 1 atom stereocenters. The number of hydrogen-bond acceptors (Lipinski definition) is 3. The van der Waals surface area contributed by atoms with Gasteiger partial charge < -0.3 is 10.4 Å². The summed E-state index contributed by atoms with van der Waals surface area (Å²) in [6.45, 7) is 6.63. The lowest BCUT2D eigenvalue weighted by atomic mass is 10.1. The number of nitrogens with zero attached hydrogens (tertiary/aromatic N) is 1. The number of benzene rings is 1. The molecule has 0 aliphatic carbocycles. The molecule has 0 aliphatic rings. The van der Waals surface area contributed by atoms with Crippen LogP contribution in [0.1, 0.15) is 19.4 Å². The molecule has 0 aliphatic heterocycles. The van der Waals surface area contributed by atoms with Crippen LogP contribution in [-0.4, -0.2) is 22.7 Å². The summed E-state index contributed by atoms with van der Waals surface area (Å²) in [7, 11) is 0. The Labute approximate surface area is 108 Å². The van der Waals surface area contributed by atoms with Crippen molar-refractivity contribution in [3.63, 3.8) is 0 Å². The lowest BCUT2D eigenvalue weighted by Gasteiger charge is -2.18. The summed E-state index contributed by atoms with van der Waals surface area (Å²) in [6, 6.07) is 8.04. The Morgan fingerprint density at radius 1 is 1.28 bits per heavy atom. The quantitative estimate of drug-likeness (QED) is 0.869. The van der Waals surface area contributed by atoms with Gasteiger partial charge in [-0.25, -0.2) is 0 Å². The molecule has 1 heterocycles. The largest absolute Gasteiger partial charge is 0.391 e. The van der Waals surface area contributed by atoms with E-state index in [-0.39, 0.29) is 12.0 Å². The topological polar surface area (TPSA) is 45.2 Å². The van der Waals surface area contributed by atoms with Crippen LogP contribution in [0.3, 0.4) is 0 Å². The first kappa shape index (κ1) is 12.8. The number of aliphatic hydroxyl groups is 1. The molecule has 0 bridgehead atoms. The van der Waals surface area contributed by atoms with Crippen LogP contribution in [0.15, 0.2) is 30.5 Å². The minimum atomic E-state index is -0.337. The molecule has 3 heteroatoms. The molecule has 1 aromatic carbocycles. The van der Waals surface area contributed by atoms with Crippen molar-refractivity contribution in [1.82, 2.24) is 4.98 Å². The number of para-hydroxylation sites is 1. The summed E-state index contributed by atoms with van der Waals surface area (Å²) in [4.78, 5) is 4.40. The van der Waals surface area contributed by atoms with Crippen LogP contribution in [-0.2, 0) is 0 Å². The summed E-state index contributed by atoms with van der Waals surface area (Å²) < 4.78 is 0. The third-order valence-electron chi connectivity index (χ3n) is 3.22. The summed E-state index contributed by atoms with van der Waals surface area (Å²) in [5.74, 6) is 0.255. The van der Waals surface area contributed by atoms with Crippen molar-refractivity contribution in [2.75, 3.05) is 11.9 Å². The second-order valence-corrected chi connectivity index (χ2v) is 5.03. The molecule has 0 amide bonds. The number of pyridine rings is 1. The fourth-order valence-corrected chi connectivity index (χ4v) is 1.92. The normalized spacial score (nSPS) is 12.9. The summed E-state index contributed by atoms with van der Waals surface area (Å²) in [5, 5.41) is 14.3. The molecule has 96 valence electrons. The molecule has 0 fully saturated rings. The van der Waals surface area contributed by atoms with Gasteiger partial charge in [-0.1, -0.05) is 32.0 Å². The van der Waals surface area contributed by atoms with E-state index in [1.807, 2.05) is 45.2 Å². The predicted molar refractivity (Wildman–Crippen MR) is 75.8 cm³/mol. The zero-order valence-electron chi connectivity index (χ0n) is 11.1. The smallest absolute Gasteiger partial charge is 0.0735 e.